The Morgan fingerprint density at radius 1 is 1.37 bits per heavy atom. The molecular formula is C14H19F2NO2. The van der Waals surface area contributed by atoms with Gasteiger partial charge in [0.15, 0.2) is 17.4 Å². The number of ether oxygens (including phenoxy) is 1. The molecule has 0 aliphatic carbocycles. The molecule has 0 saturated carbocycles. The number of aromatic hydroxyl groups is 1. The van der Waals surface area contributed by atoms with E-state index in [1.54, 1.807) is 0 Å². The highest BCUT2D eigenvalue weighted by atomic mass is 19.1. The second kappa shape index (κ2) is 5.06. The van der Waals surface area contributed by atoms with E-state index in [-0.39, 0.29) is 11.7 Å². The van der Waals surface area contributed by atoms with Gasteiger partial charge < -0.3 is 9.84 Å². The van der Waals surface area contributed by atoms with Gasteiger partial charge in [0.1, 0.15) is 0 Å². The number of hydrogen-bond acceptors (Lipinski definition) is 3. The minimum absolute atomic E-state index is 0.0792. The monoisotopic (exact) mass is 271 g/mol. The predicted molar refractivity (Wildman–Crippen MR) is 67.9 cm³/mol. The Balaban J connectivity index is 2.13. The Kier molecular flexibility index (Phi) is 3.78. The average Bonchev–Trinajstić information content (AvgIpc) is 2.22. The highest BCUT2D eigenvalue weighted by Crippen LogP contribution is 2.25. The van der Waals surface area contributed by atoms with Crippen LogP contribution in [-0.2, 0) is 11.3 Å². The number of halogens is 2. The first-order valence-corrected chi connectivity index (χ1v) is 6.34. The second-order valence-corrected chi connectivity index (χ2v) is 5.77. The molecule has 0 amide bonds. The van der Waals surface area contributed by atoms with Crippen LogP contribution in [0, 0.1) is 11.6 Å². The Morgan fingerprint density at radius 2 is 1.95 bits per heavy atom. The van der Waals surface area contributed by atoms with Gasteiger partial charge in [0.05, 0.1) is 11.7 Å². The van der Waals surface area contributed by atoms with Crippen molar-refractivity contribution in [3.05, 3.63) is 29.3 Å². The number of rotatable bonds is 2. The third-order valence-corrected chi connectivity index (χ3v) is 3.12. The van der Waals surface area contributed by atoms with Gasteiger partial charge in [-0.05, 0) is 38.5 Å². The summed E-state index contributed by atoms with van der Waals surface area (Å²) in [6, 6.07) is 2.34. The van der Waals surface area contributed by atoms with Gasteiger partial charge in [-0.25, -0.2) is 8.78 Å². The largest absolute Gasteiger partial charge is 0.503 e. The molecule has 1 unspecified atom stereocenters. The van der Waals surface area contributed by atoms with Gasteiger partial charge in [-0.1, -0.05) is 0 Å². The summed E-state index contributed by atoms with van der Waals surface area (Å²) in [5, 5.41) is 9.08. The van der Waals surface area contributed by atoms with Gasteiger partial charge in [-0.2, -0.15) is 0 Å². The first-order chi connectivity index (χ1) is 8.77. The van der Waals surface area contributed by atoms with Gasteiger partial charge in [0.25, 0.3) is 0 Å². The highest BCUT2D eigenvalue weighted by molar-refractivity contribution is 5.30. The molecular weight excluding hydrogens is 252 g/mol. The first-order valence-electron chi connectivity index (χ1n) is 6.34. The summed E-state index contributed by atoms with van der Waals surface area (Å²) in [6.07, 6.45) is 0.0792. The number of hydrogen-bond donors (Lipinski definition) is 1. The summed E-state index contributed by atoms with van der Waals surface area (Å²) in [5.74, 6) is -2.76. The van der Waals surface area contributed by atoms with Gasteiger partial charge in [0.2, 0.25) is 0 Å². The van der Waals surface area contributed by atoms with Crippen molar-refractivity contribution in [2.75, 3.05) is 13.1 Å². The zero-order valence-electron chi connectivity index (χ0n) is 11.4. The molecule has 2 rings (SSSR count). The Hall–Kier alpha value is -1.20. The molecule has 1 N–H and O–H groups in total. The van der Waals surface area contributed by atoms with Crippen molar-refractivity contribution >= 4 is 0 Å². The van der Waals surface area contributed by atoms with Crippen LogP contribution >= 0.6 is 0 Å². The van der Waals surface area contributed by atoms with Crippen molar-refractivity contribution in [2.24, 2.45) is 0 Å². The van der Waals surface area contributed by atoms with Crippen molar-refractivity contribution in [1.82, 2.24) is 4.90 Å². The Labute approximate surface area is 111 Å². The van der Waals surface area contributed by atoms with E-state index in [1.165, 1.54) is 12.1 Å². The van der Waals surface area contributed by atoms with Crippen LogP contribution in [0.1, 0.15) is 26.3 Å². The Morgan fingerprint density at radius 3 is 2.47 bits per heavy atom. The van der Waals surface area contributed by atoms with Gasteiger partial charge in [0, 0.05) is 19.6 Å². The van der Waals surface area contributed by atoms with Crippen molar-refractivity contribution in [2.45, 2.75) is 39.0 Å². The van der Waals surface area contributed by atoms with E-state index < -0.39 is 17.4 Å². The highest BCUT2D eigenvalue weighted by Gasteiger charge is 2.31. The molecule has 0 radical (unpaired) electrons. The molecule has 1 aliphatic heterocycles. The van der Waals surface area contributed by atoms with E-state index >= 15 is 0 Å². The van der Waals surface area contributed by atoms with E-state index in [1.807, 2.05) is 20.8 Å². The van der Waals surface area contributed by atoms with E-state index in [0.29, 0.717) is 25.2 Å². The van der Waals surface area contributed by atoms with E-state index in [9.17, 15) is 8.78 Å². The summed E-state index contributed by atoms with van der Waals surface area (Å²) in [6.45, 7) is 7.81. The predicted octanol–water partition coefficient (Wildman–Crippen LogP) is 2.67. The van der Waals surface area contributed by atoms with Gasteiger partial charge in [-0.15, -0.1) is 0 Å². The molecule has 19 heavy (non-hydrogen) atoms. The zero-order valence-corrected chi connectivity index (χ0v) is 11.4. The van der Waals surface area contributed by atoms with E-state index in [0.717, 1.165) is 0 Å². The topological polar surface area (TPSA) is 32.7 Å². The molecule has 1 fully saturated rings. The van der Waals surface area contributed by atoms with Crippen LogP contribution in [0.4, 0.5) is 8.78 Å². The second-order valence-electron chi connectivity index (χ2n) is 5.77. The maximum Gasteiger partial charge on any atom is 0.187 e. The molecule has 1 aromatic rings. The minimum Gasteiger partial charge on any atom is -0.503 e. The lowest BCUT2D eigenvalue weighted by Gasteiger charge is -2.41. The maximum absolute atomic E-state index is 13.3. The lowest BCUT2D eigenvalue weighted by Crippen LogP contribution is -2.51. The standard InChI is InChI=1S/C14H19F2NO2/c1-9-6-17(8-14(2,3)19-9)7-10-4-11(15)13(18)12(16)5-10/h4-5,9,18H,6-8H2,1-3H3. The summed E-state index contributed by atoms with van der Waals surface area (Å²) in [5.41, 5.74) is 0.240. The molecule has 0 aromatic heterocycles. The fraction of sp³-hybridized carbons (Fsp3) is 0.571. The zero-order chi connectivity index (χ0) is 14.2. The van der Waals surface area contributed by atoms with Crippen LogP contribution in [0.3, 0.4) is 0 Å². The van der Waals surface area contributed by atoms with Crippen molar-refractivity contribution in [3.63, 3.8) is 0 Å². The fourth-order valence-electron chi connectivity index (χ4n) is 2.67. The molecule has 0 bridgehead atoms. The normalized spacial score (nSPS) is 23.5. The van der Waals surface area contributed by atoms with Crippen LogP contribution in [0.15, 0.2) is 12.1 Å². The molecule has 0 spiro atoms. The quantitative estimate of drug-likeness (QED) is 0.897. The number of nitrogens with zero attached hydrogens (tertiary/aromatic N) is 1. The van der Waals surface area contributed by atoms with Crippen molar-refractivity contribution < 1.29 is 18.6 Å². The van der Waals surface area contributed by atoms with Crippen LogP contribution in [0.2, 0.25) is 0 Å². The lowest BCUT2D eigenvalue weighted by molar-refractivity contribution is -0.130. The summed E-state index contributed by atoms with van der Waals surface area (Å²) >= 11 is 0. The van der Waals surface area contributed by atoms with Crippen LogP contribution in [0.5, 0.6) is 5.75 Å². The van der Waals surface area contributed by atoms with Gasteiger partial charge in [-0.3, -0.25) is 4.90 Å². The smallest absolute Gasteiger partial charge is 0.187 e. The minimum atomic E-state index is -0.921. The van der Waals surface area contributed by atoms with Crippen LogP contribution in [-0.4, -0.2) is 34.8 Å². The van der Waals surface area contributed by atoms with Crippen molar-refractivity contribution in [3.8, 4) is 5.75 Å². The summed E-state index contributed by atoms with van der Waals surface area (Å²) in [7, 11) is 0. The third kappa shape index (κ3) is 3.42. The summed E-state index contributed by atoms with van der Waals surface area (Å²) < 4.78 is 32.4. The molecule has 1 aliphatic rings. The lowest BCUT2D eigenvalue weighted by atomic mass is 10.0. The van der Waals surface area contributed by atoms with Crippen molar-refractivity contribution in [1.29, 1.82) is 0 Å². The summed E-state index contributed by atoms with van der Waals surface area (Å²) in [4.78, 5) is 2.10. The average molecular weight is 271 g/mol. The molecule has 1 heterocycles. The van der Waals surface area contributed by atoms with Crippen LogP contribution in [0.25, 0.3) is 0 Å². The van der Waals surface area contributed by atoms with E-state index in [2.05, 4.69) is 4.90 Å². The molecule has 3 nitrogen and oxygen atoms in total. The fourth-order valence-corrected chi connectivity index (χ4v) is 2.67. The molecule has 106 valence electrons. The SMILES string of the molecule is CC1CN(Cc2cc(F)c(O)c(F)c2)CC(C)(C)O1. The van der Waals surface area contributed by atoms with Gasteiger partial charge >= 0.3 is 0 Å². The molecule has 1 aromatic carbocycles. The number of phenolic OH excluding ortho intramolecular Hbond substituents is 1. The number of benzene rings is 1. The molecule has 1 saturated heterocycles. The third-order valence-electron chi connectivity index (χ3n) is 3.12. The molecule has 1 atom stereocenters. The number of phenols is 1. The van der Waals surface area contributed by atoms with E-state index in [4.69, 9.17) is 9.84 Å². The maximum atomic E-state index is 13.3. The van der Waals surface area contributed by atoms with Crippen LogP contribution < -0.4 is 0 Å². The molecule has 5 heteroatoms. The number of morpholine rings is 1. The first kappa shape index (κ1) is 14.2. The Bertz CT molecular complexity index is 454.